The molecule has 1 heterocycles. The van der Waals surface area contributed by atoms with Crippen molar-refractivity contribution in [1.29, 1.82) is 0 Å². The Labute approximate surface area is 230 Å². The highest BCUT2D eigenvalue weighted by Gasteiger charge is 2.27. The third-order valence-electron chi connectivity index (χ3n) is 6.64. The van der Waals surface area contributed by atoms with E-state index in [2.05, 4.69) is 41.1 Å². The maximum absolute atomic E-state index is 13.6. The maximum Gasteiger partial charge on any atom is 0.264 e. The Morgan fingerprint density at radius 3 is 2.10 bits per heavy atom. The fraction of sp³-hybridized carbons (Fsp3) is 0.226. The van der Waals surface area contributed by atoms with Crippen molar-refractivity contribution in [2.75, 3.05) is 10.8 Å². The smallest absolute Gasteiger partial charge is 0.264 e. The van der Waals surface area contributed by atoms with Gasteiger partial charge in [-0.25, -0.2) is 13.8 Å². The molecular formula is C31H34N4O3S. The van der Waals surface area contributed by atoms with E-state index in [1.807, 2.05) is 45.9 Å². The molecule has 0 bridgehead atoms. The second-order valence-corrected chi connectivity index (χ2v) is 11.7. The van der Waals surface area contributed by atoms with E-state index in [0.29, 0.717) is 5.69 Å². The van der Waals surface area contributed by atoms with E-state index < -0.39 is 22.5 Å². The van der Waals surface area contributed by atoms with E-state index in [4.69, 9.17) is 0 Å². The van der Waals surface area contributed by atoms with Crippen LogP contribution in [0.5, 0.6) is 0 Å². The molecule has 1 N–H and O–H groups in total. The lowest BCUT2D eigenvalue weighted by molar-refractivity contribution is -0.119. The van der Waals surface area contributed by atoms with Gasteiger partial charge in [-0.1, -0.05) is 42.5 Å². The zero-order valence-electron chi connectivity index (χ0n) is 23.2. The number of carbonyl (C=O) groups excluding carboxylic acids is 1. The summed E-state index contributed by atoms with van der Waals surface area (Å²) in [7, 11) is -3.99. The minimum atomic E-state index is -3.99. The number of hydrazone groups is 1. The summed E-state index contributed by atoms with van der Waals surface area (Å²) in [6.45, 7) is 11.6. The molecule has 0 radical (unpaired) electrons. The molecule has 8 heteroatoms. The first-order valence-corrected chi connectivity index (χ1v) is 14.2. The van der Waals surface area contributed by atoms with Crippen LogP contribution in [0.4, 0.5) is 5.69 Å². The maximum atomic E-state index is 13.6. The van der Waals surface area contributed by atoms with Crippen LogP contribution in [0.3, 0.4) is 0 Å². The average Bonchev–Trinajstić information content (AvgIpc) is 3.15. The van der Waals surface area contributed by atoms with E-state index >= 15 is 0 Å². The highest BCUT2D eigenvalue weighted by molar-refractivity contribution is 7.92. The molecule has 0 spiro atoms. The van der Waals surface area contributed by atoms with Gasteiger partial charge in [0.25, 0.3) is 15.9 Å². The second-order valence-electron chi connectivity index (χ2n) is 9.87. The lowest BCUT2D eigenvalue weighted by atomic mass is 10.1. The number of para-hydroxylation sites is 1. The minimum absolute atomic E-state index is 0.111. The van der Waals surface area contributed by atoms with Crippen LogP contribution in [-0.2, 0) is 14.8 Å². The summed E-state index contributed by atoms with van der Waals surface area (Å²) in [6.07, 6.45) is 1.59. The first-order valence-electron chi connectivity index (χ1n) is 12.7. The summed E-state index contributed by atoms with van der Waals surface area (Å²) in [5, 5.41) is 4.17. The first-order chi connectivity index (χ1) is 18.5. The molecule has 0 unspecified atom stereocenters. The summed E-state index contributed by atoms with van der Waals surface area (Å²) < 4.78 is 30.4. The number of nitrogens with zero attached hydrogens (tertiary/aromatic N) is 3. The van der Waals surface area contributed by atoms with E-state index in [0.717, 1.165) is 38.1 Å². The number of rotatable bonds is 8. The fourth-order valence-corrected chi connectivity index (χ4v) is 6.32. The van der Waals surface area contributed by atoms with Crippen LogP contribution in [0.1, 0.15) is 39.2 Å². The van der Waals surface area contributed by atoms with Crippen LogP contribution in [0.2, 0.25) is 0 Å². The largest absolute Gasteiger partial charge is 0.317 e. The van der Waals surface area contributed by atoms with Gasteiger partial charge < -0.3 is 4.57 Å². The number of amides is 1. The average molecular weight is 543 g/mol. The molecule has 4 aromatic rings. The quantitative estimate of drug-likeness (QED) is 0.230. The fourth-order valence-electron chi connectivity index (χ4n) is 4.89. The Bertz CT molecular complexity index is 1610. The van der Waals surface area contributed by atoms with Crippen molar-refractivity contribution in [2.24, 2.45) is 5.10 Å². The van der Waals surface area contributed by atoms with Crippen molar-refractivity contribution in [1.82, 2.24) is 9.99 Å². The number of hydrogen-bond donors (Lipinski definition) is 1. The zero-order chi connectivity index (χ0) is 28.3. The summed E-state index contributed by atoms with van der Waals surface area (Å²) in [4.78, 5) is 13.1. The van der Waals surface area contributed by atoms with E-state index in [1.54, 1.807) is 36.5 Å². The number of benzene rings is 3. The molecule has 1 aromatic heterocycles. The standard InChI is InChI=1S/C31H34N4O3S/c1-21-15-22(2)17-28(16-21)34(39(37,38)29-13-8-7-9-14-29)20-30(36)33-32-19-27-18-25(5)35(26(27)6)31-23(3)11-10-12-24(31)4/h7-19H,20H2,1-6H3,(H,33,36)/b32-19-. The number of aryl methyl sites for hydroxylation is 5. The van der Waals surface area contributed by atoms with Gasteiger partial charge in [-0.05, 0) is 94.1 Å². The van der Waals surface area contributed by atoms with E-state index in [9.17, 15) is 13.2 Å². The van der Waals surface area contributed by atoms with Crippen molar-refractivity contribution < 1.29 is 13.2 Å². The highest BCUT2D eigenvalue weighted by Crippen LogP contribution is 2.27. The number of anilines is 1. The van der Waals surface area contributed by atoms with Crippen molar-refractivity contribution >= 4 is 27.8 Å². The van der Waals surface area contributed by atoms with Gasteiger partial charge in [0.2, 0.25) is 0 Å². The third-order valence-corrected chi connectivity index (χ3v) is 8.43. The number of carbonyl (C=O) groups is 1. The van der Waals surface area contributed by atoms with E-state index in [1.165, 1.54) is 23.3 Å². The second kappa shape index (κ2) is 11.3. The van der Waals surface area contributed by atoms with Gasteiger partial charge in [-0.2, -0.15) is 5.10 Å². The molecule has 0 saturated heterocycles. The lowest BCUT2D eigenvalue weighted by Gasteiger charge is -2.24. The molecule has 0 aliphatic carbocycles. The van der Waals surface area contributed by atoms with Crippen LogP contribution < -0.4 is 9.73 Å². The Morgan fingerprint density at radius 1 is 0.872 bits per heavy atom. The Morgan fingerprint density at radius 2 is 1.49 bits per heavy atom. The lowest BCUT2D eigenvalue weighted by Crippen LogP contribution is -2.39. The molecule has 1 amide bonds. The number of aromatic nitrogens is 1. The molecule has 0 fully saturated rings. The molecule has 202 valence electrons. The molecule has 39 heavy (non-hydrogen) atoms. The molecular weight excluding hydrogens is 508 g/mol. The molecule has 0 aliphatic heterocycles. The Kier molecular flexibility index (Phi) is 8.06. The summed E-state index contributed by atoms with van der Waals surface area (Å²) in [5.74, 6) is -0.548. The Balaban J connectivity index is 1.59. The van der Waals surface area contributed by atoms with Crippen molar-refractivity contribution in [3.8, 4) is 5.69 Å². The first kappa shape index (κ1) is 27.9. The van der Waals surface area contributed by atoms with Gasteiger partial charge in [-0.15, -0.1) is 0 Å². The van der Waals surface area contributed by atoms with Gasteiger partial charge >= 0.3 is 0 Å². The number of nitrogens with one attached hydrogen (secondary N) is 1. The topological polar surface area (TPSA) is 83.8 Å². The minimum Gasteiger partial charge on any atom is -0.317 e. The van der Waals surface area contributed by atoms with E-state index in [-0.39, 0.29) is 4.90 Å². The highest BCUT2D eigenvalue weighted by atomic mass is 32.2. The van der Waals surface area contributed by atoms with Gasteiger partial charge in [0.05, 0.1) is 22.5 Å². The van der Waals surface area contributed by atoms with Crippen LogP contribution in [0.25, 0.3) is 5.69 Å². The van der Waals surface area contributed by atoms with Gasteiger partial charge in [-0.3, -0.25) is 9.10 Å². The number of sulfonamides is 1. The summed E-state index contributed by atoms with van der Waals surface area (Å²) in [6, 6.07) is 21.8. The molecule has 3 aromatic carbocycles. The number of hydrogen-bond acceptors (Lipinski definition) is 4. The molecule has 4 rings (SSSR count). The molecule has 7 nitrogen and oxygen atoms in total. The SMILES string of the molecule is Cc1cc(C)cc(N(CC(=O)N/N=C\c2cc(C)n(-c3c(C)cccc3C)c2C)S(=O)(=O)c2ccccc2)c1. The van der Waals surface area contributed by atoms with Gasteiger partial charge in [0.15, 0.2) is 0 Å². The van der Waals surface area contributed by atoms with Crippen molar-refractivity contribution in [3.05, 3.63) is 112 Å². The Hall–Kier alpha value is -4.17. The predicted molar refractivity (Wildman–Crippen MR) is 157 cm³/mol. The molecule has 0 aliphatic rings. The van der Waals surface area contributed by atoms with Gasteiger partial charge in [0, 0.05) is 17.0 Å². The predicted octanol–water partition coefficient (Wildman–Crippen LogP) is 5.67. The zero-order valence-corrected chi connectivity index (χ0v) is 24.0. The van der Waals surface area contributed by atoms with Crippen LogP contribution in [-0.4, -0.2) is 31.7 Å². The monoisotopic (exact) mass is 542 g/mol. The van der Waals surface area contributed by atoms with Crippen molar-refractivity contribution in [3.63, 3.8) is 0 Å². The molecule has 0 atom stereocenters. The van der Waals surface area contributed by atoms with Crippen LogP contribution in [0, 0.1) is 41.5 Å². The summed E-state index contributed by atoms with van der Waals surface area (Å²) in [5.41, 5.74) is 11.1. The summed E-state index contributed by atoms with van der Waals surface area (Å²) >= 11 is 0. The van der Waals surface area contributed by atoms with Crippen LogP contribution >= 0.6 is 0 Å². The van der Waals surface area contributed by atoms with Crippen molar-refractivity contribution in [2.45, 2.75) is 46.4 Å². The normalized spacial score (nSPS) is 11.6. The molecule has 0 saturated carbocycles. The van der Waals surface area contributed by atoms with Crippen LogP contribution in [0.15, 0.2) is 82.8 Å². The third kappa shape index (κ3) is 5.96. The van der Waals surface area contributed by atoms with Gasteiger partial charge in [0.1, 0.15) is 6.54 Å².